The van der Waals surface area contributed by atoms with Gasteiger partial charge in [0.15, 0.2) is 0 Å². The van der Waals surface area contributed by atoms with E-state index in [1.165, 1.54) is 0 Å². The Morgan fingerprint density at radius 2 is 2.33 bits per heavy atom. The van der Waals surface area contributed by atoms with Gasteiger partial charge < -0.3 is 11.1 Å². The molecule has 2 rings (SSSR count). The summed E-state index contributed by atoms with van der Waals surface area (Å²) in [4.78, 5) is 22.3. The summed E-state index contributed by atoms with van der Waals surface area (Å²) in [5, 5.41) is 2.90. The number of hydrogen-bond acceptors (Lipinski definition) is 3. The summed E-state index contributed by atoms with van der Waals surface area (Å²) < 4.78 is 0. The van der Waals surface area contributed by atoms with Crippen molar-refractivity contribution in [3.8, 4) is 0 Å². The van der Waals surface area contributed by atoms with Crippen LogP contribution < -0.4 is 11.1 Å². The minimum Gasteiger partial charge on any atom is -0.348 e. The zero-order valence-corrected chi connectivity index (χ0v) is 8.82. The Kier molecular flexibility index (Phi) is 2.38. The Morgan fingerprint density at radius 3 is 2.80 bits per heavy atom. The van der Waals surface area contributed by atoms with Crippen molar-refractivity contribution in [1.82, 2.24) is 5.32 Å². The Bertz CT molecular complexity index is 331. The fourth-order valence-electron chi connectivity index (χ4n) is 1.89. The monoisotopic (exact) mass is 208 g/mol. The molecule has 15 heavy (non-hydrogen) atoms. The van der Waals surface area contributed by atoms with Crippen LogP contribution in [0.3, 0.4) is 0 Å². The third-order valence-corrected chi connectivity index (χ3v) is 3.25. The largest absolute Gasteiger partial charge is 0.348 e. The highest BCUT2D eigenvalue weighted by atomic mass is 16.2. The van der Waals surface area contributed by atoms with Gasteiger partial charge in [-0.05, 0) is 30.8 Å². The minimum atomic E-state index is -0.627. The first kappa shape index (κ1) is 10.4. The van der Waals surface area contributed by atoms with E-state index in [4.69, 9.17) is 5.73 Å². The first-order valence-corrected chi connectivity index (χ1v) is 5.31. The molecule has 1 saturated carbocycles. The fraction of sp³-hybridized carbons (Fsp3) is 0.636. The van der Waals surface area contributed by atoms with Gasteiger partial charge in [0.05, 0.1) is 11.6 Å². The van der Waals surface area contributed by atoms with Crippen molar-refractivity contribution in [2.75, 3.05) is 0 Å². The van der Waals surface area contributed by atoms with E-state index in [0.29, 0.717) is 0 Å². The van der Waals surface area contributed by atoms with Gasteiger partial charge in [-0.2, -0.15) is 0 Å². The maximum Gasteiger partial charge on any atom is 0.240 e. The van der Waals surface area contributed by atoms with Crippen LogP contribution in [0.5, 0.6) is 0 Å². The summed E-state index contributed by atoms with van der Waals surface area (Å²) in [6, 6.07) is -0.0290. The highest BCUT2D eigenvalue weighted by molar-refractivity contribution is 5.89. The van der Waals surface area contributed by atoms with Crippen molar-refractivity contribution >= 4 is 12.2 Å². The first-order valence-electron chi connectivity index (χ1n) is 5.31. The second kappa shape index (κ2) is 3.45. The second-order valence-corrected chi connectivity index (χ2v) is 4.70. The highest BCUT2D eigenvalue weighted by Gasteiger charge is 2.46. The Morgan fingerprint density at radius 1 is 1.67 bits per heavy atom. The van der Waals surface area contributed by atoms with E-state index in [9.17, 15) is 9.59 Å². The van der Waals surface area contributed by atoms with Crippen LogP contribution >= 0.6 is 0 Å². The third kappa shape index (κ3) is 1.95. The Balaban J connectivity index is 1.97. The lowest BCUT2D eigenvalue weighted by molar-refractivity contribution is -0.123. The van der Waals surface area contributed by atoms with Crippen LogP contribution in [0.15, 0.2) is 11.6 Å². The van der Waals surface area contributed by atoms with E-state index in [-0.39, 0.29) is 17.9 Å². The molecule has 3 N–H and O–H groups in total. The molecule has 0 saturated heterocycles. The van der Waals surface area contributed by atoms with Crippen molar-refractivity contribution < 1.29 is 9.59 Å². The molecule has 0 aromatic heterocycles. The van der Waals surface area contributed by atoms with Crippen LogP contribution in [0.1, 0.15) is 26.2 Å². The van der Waals surface area contributed by atoms with Crippen LogP contribution in [0, 0.1) is 5.92 Å². The second-order valence-electron chi connectivity index (χ2n) is 4.70. The normalized spacial score (nSPS) is 32.0. The summed E-state index contributed by atoms with van der Waals surface area (Å²) in [5.74, 6) is 0.208. The summed E-state index contributed by atoms with van der Waals surface area (Å²) >= 11 is 0. The Labute approximate surface area is 88.9 Å². The van der Waals surface area contributed by atoms with E-state index < -0.39 is 5.54 Å². The molecule has 0 aromatic rings. The lowest BCUT2D eigenvalue weighted by atomic mass is 10.0. The zero-order valence-electron chi connectivity index (χ0n) is 8.82. The third-order valence-electron chi connectivity index (χ3n) is 3.25. The van der Waals surface area contributed by atoms with E-state index in [2.05, 4.69) is 5.32 Å². The summed E-state index contributed by atoms with van der Waals surface area (Å²) in [5.41, 5.74) is 5.92. The maximum atomic E-state index is 11.7. The van der Waals surface area contributed by atoms with Gasteiger partial charge in [0, 0.05) is 0 Å². The molecule has 0 bridgehead atoms. The first-order chi connectivity index (χ1) is 7.05. The molecule has 0 radical (unpaired) electrons. The lowest BCUT2D eigenvalue weighted by Crippen LogP contribution is -2.47. The molecular weight excluding hydrogens is 192 g/mol. The van der Waals surface area contributed by atoms with Gasteiger partial charge in [-0.3, -0.25) is 9.59 Å². The average Bonchev–Trinajstić information content (AvgIpc) is 2.85. The van der Waals surface area contributed by atoms with Gasteiger partial charge in [0.2, 0.25) is 5.91 Å². The summed E-state index contributed by atoms with van der Waals surface area (Å²) in [7, 11) is 0. The van der Waals surface area contributed by atoms with Crippen LogP contribution in [0.4, 0.5) is 0 Å². The van der Waals surface area contributed by atoms with Crippen molar-refractivity contribution in [2.24, 2.45) is 11.7 Å². The zero-order chi connectivity index (χ0) is 11.1. The van der Waals surface area contributed by atoms with Crippen molar-refractivity contribution in [3.05, 3.63) is 11.6 Å². The number of nitrogens with one attached hydrogen (secondary N) is 1. The molecule has 2 atom stereocenters. The fourth-order valence-corrected chi connectivity index (χ4v) is 1.89. The molecule has 2 unspecified atom stereocenters. The molecule has 2 aliphatic rings. The lowest BCUT2D eigenvalue weighted by Gasteiger charge is -2.18. The number of carbonyl (C=O) groups is 2. The molecule has 4 nitrogen and oxygen atoms in total. The molecular formula is C11H16N2O2. The van der Waals surface area contributed by atoms with Gasteiger partial charge in [-0.1, -0.05) is 13.0 Å². The number of allylic oxidation sites excluding steroid dienone is 1. The molecule has 4 heteroatoms. The quantitative estimate of drug-likeness (QED) is 0.647. The van der Waals surface area contributed by atoms with Crippen molar-refractivity contribution in [2.45, 2.75) is 37.8 Å². The molecule has 2 aliphatic carbocycles. The van der Waals surface area contributed by atoms with Crippen LogP contribution in [0.25, 0.3) is 0 Å². The summed E-state index contributed by atoms with van der Waals surface area (Å²) in [6.45, 7) is 2.02. The number of rotatable bonds is 3. The minimum absolute atomic E-state index is 0.0290. The van der Waals surface area contributed by atoms with Crippen LogP contribution in [0.2, 0.25) is 0 Å². The molecule has 82 valence electrons. The number of nitrogens with two attached hydrogens (primary N) is 1. The van der Waals surface area contributed by atoms with Crippen LogP contribution in [-0.4, -0.2) is 23.8 Å². The van der Waals surface area contributed by atoms with E-state index in [1.807, 2.05) is 13.0 Å². The molecule has 0 heterocycles. The van der Waals surface area contributed by atoms with Gasteiger partial charge in [0.25, 0.3) is 0 Å². The predicted octanol–water partition coefficient (Wildman–Crippen LogP) is 0.128. The smallest absolute Gasteiger partial charge is 0.240 e. The highest BCUT2D eigenvalue weighted by Crippen LogP contribution is 2.33. The molecule has 1 fully saturated rings. The molecule has 0 spiro atoms. The predicted molar refractivity (Wildman–Crippen MR) is 56.0 cm³/mol. The van der Waals surface area contributed by atoms with Crippen molar-refractivity contribution in [3.63, 3.8) is 0 Å². The van der Waals surface area contributed by atoms with Crippen LogP contribution in [-0.2, 0) is 9.59 Å². The topological polar surface area (TPSA) is 72.2 Å². The number of amides is 1. The number of hydrogen-bond donors (Lipinski definition) is 2. The maximum absolute atomic E-state index is 11.7. The Hall–Kier alpha value is -1.16. The molecule has 1 amide bonds. The van der Waals surface area contributed by atoms with E-state index in [1.54, 1.807) is 0 Å². The number of carbonyl (C=O) groups excluding carboxylic acids is 2. The van der Waals surface area contributed by atoms with Crippen molar-refractivity contribution in [1.29, 1.82) is 0 Å². The van der Waals surface area contributed by atoms with Gasteiger partial charge in [-0.25, -0.2) is 0 Å². The van der Waals surface area contributed by atoms with Gasteiger partial charge in [0.1, 0.15) is 6.29 Å². The standard InChI is InChI=1S/C11H16N2O2/c1-7-4-8(6-14)5-9(7)13-10(15)11(12)2-3-11/h5-7,9H,2-4,12H2,1H3,(H,13,15). The molecule has 0 aliphatic heterocycles. The average molecular weight is 208 g/mol. The van der Waals surface area contributed by atoms with E-state index >= 15 is 0 Å². The SMILES string of the molecule is CC1CC(C=O)=CC1NC(=O)C1(N)CC1. The van der Waals surface area contributed by atoms with E-state index in [0.717, 1.165) is 31.1 Å². The molecule has 0 aromatic carbocycles. The van der Waals surface area contributed by atoms with Gasteiger partial charge in [-0.15, -0.1) is 0 Å². The van der Waals surface area contributed by atoms with Gasteiger partial charge >= 0.3 is 0 Å². The number of aldehydes is 1. The summed E-state index contributed by atoms with van der Waals surface area (Å²) in [6.07, 6.45) is 4.97.